The van der Waals surface area contributed by atoms with Crippen molar-refractivity contribution in [2.75, 3.05) is 26.9 Å². The number of carbonyl (C=O) groups excluding carboxylic acids is 1. The number of ether oxygens (including phenoxy) is 2. The van der Waals surface area contributed by atoms with Crippen LogP contribution in [0.25, 0.3) is 0 Å². The van der Waals surface area contributed by atoms with E-state index in [2.05, 4.69) is 21.2 Å². The third-order valence-electron chi connectivity index (χ3n) is 2.08. The number of hydrogen-bond donors (Lipinski definition) is 1. The summed E-state index contributed by atoms with van der Waals surface area (Å²) in [7, 11) is 1.63. The lowest BCUT2D eigenvalue weighted by atomic mass is 10.2. The van der Waals surface area contributed by atoms with Crippen LogP contribution in [0.1, 0.15) is 17.8 Å². The number of hydrogen-bond acceptors (Lipinski definition) is 5. The average Bonchev–Trinajstić information content (AvgIpc) is 2.71. The minimum absolute atomic E-state index is 0.258. The molecule has 0 saturated carbocycles. The third kappa shape index (κ3) is 4.39. The highest BCUT2D eigenvalue weighted by Gasteiger charge is 2.24. The van der Waals surface area contributed by atoms with Crippen molar-refractivity contribution >= 4 is 33.2 Å². The lowest BCUT2D eigenvalue weighted by Gasteiger charge is -2.16. The summed E-state index contributed by atoms with van der Waals surface area (Å²) in [5, 5.41) is 5.06. The number of thiophene rings is 1. The molecule has 6 heteroatoms. The van der Waals surface area contributed by atoms with Crippen LogP contribution >= 0.6 is 27.3 Å². The van der Waals surface area contributed by atoms with Crippen LogP contribution in [0.4, 0.5) is 0 Å². The molecular weight excluding hydrogens is 306 g/mol. The van der Waals surface area contributed by atoms with Gasteiger partial charge in [0.2, 0.25) is 0 Å². The molecule has 0 aromatic carbocycles. The fourth-order valence-corrected chi connectivity index (χ4v) is 2.99. The third-order valence-corrected chi connectivity index (χ3v) is 4.02. The highest BCUT2D eigenvalue weighted by atomic mass is 79.9. The second kappa shape index (κ2) is 7.81. The van der Waals surface area contributed by atoms with E-state index in [0.717, 1.165) is 9.35 Å². The summed E-state index contributed by atoms with van der Waals surface area (Å²) < 4.78 is 10.9. The topological polar surface area (TPSA) is 47.6 Å². The van der Waals surface area contributed by atoms with E-state index < -0.39 is 6.04 Å². The van der Waals surface area contributed by atoms with Gasteiger partial charge in [-0.15, -0.1) is 11.3 Å². The maximum atomic E-state index is 11.8. The van der Waals surface area contributed by atoms with Gasteiger partial charge >= 0.3 is 5.97 Å². The Bertz CT molecular complexity index is 356. The van der Waals surface area contributed by atoms with Crippen molar-refractivity contribution in [3.05, 3.63) is 20.8 Å². The summed E-state index contributed by atoms with van der Waals surface area (Å²) >= 11 is 4.95. The summed E-state index contributed by atoms with van der Waals surface area (Å²) in [6.07, 6.45) is 0. The van der Waals surface area contributed by atoms with E-state index in [4.69, 9.17) is 9.47 Å². The second-order valence-corrected chi connectivity index (χ2v) is 5.07. The van der Waals surface area contributed by atoms with Gasteiger partial charge in [-0.3, -0.25) is 5.32 Å². The van der Waals surface area contributed by atoms with Gasteiger partial charge in [-0.1, -0.05) is 0 Å². The smallest absolute Gasteiger partial charge is 0.328 e. The zero-order chi connectivity index (χ0) is 12.7. The molecule has 1 rings (SSSR count). The molecule has 0 bridgehead atoms. The van der Waals surface area contributed by atoms with Crippen molar-refractivity contribution in [2.45, 2.75) is 13.0 Å². The number of esters is 1. The van der Waals surface area contributed by atoms with Crippen molar-refractivity contribution in [3.63, 3.8) is 0 Å². The van der Waals surface area contributed by atoms with Crippen molar-refractivity contribution < 1.29 is 14.3 Å². The van der Waals surface area contributed by atoms with E-state index in [1.54, 1.807) is 14.0 Å². The molecule has 1 heterocycles. The average molecular weight is 322 g/mol. The van der Waals surface area contributed by atoms with Crippen molar-refractivity contribution in [1.82, 2.24) is 5.32 Å². The van der Waals surface area contributed by atoms with Crippen LogP contribution in [-0.4, -0.2) is 32.8 Å². The highest BCUT2D eigenvalue weighted by molar-refractivity contribution is 9.10. The van der Waals surface area contributed by atoms with Gasteiger partial charge in [-0.25, -0.2) is 4.79 Å². The standard InChI is InChI=1S/C11H16BrNO3S/c1-3-16-11(14)9(13-5-6-15-2)10-8(12)4-7-17-10/h4,7,9,13H,3,5-6H2,1-2H3. The monoisotopic (exact) mass is 321 g/mol. The molecule has 1 N–H and O–H groups in total. The van der Waals surface area contributed by atoms with Gasteiger partial charge in [0.15, 0.2) is 0 Å². The van der Waals surface area contributed by atoms with Gasteiger partial charge in [0.25, 0.3) is 0 Å². The maximum Gasteiger partial charge on any atom is 0.328 e. The lowest BCUT2D eigenvalue weighted by molar-refractivity contribution is -0.145. The Morgan fingerprint density at radius 3 is 2.94 bits per heavy atom. The summed E-state index contributed by atoms with van der Waals surface area (Å²) in [5.41, 5.74) is 0. The van der Waals surface area contributed by atoms with Crippen molar-refractivity contribution in [1.29, 1.82) is 0 Å². The molecule has 1 aromatic heterocycles. The molecule has 0 spiro atoms. The quantitative estimate of drug-likeness (QED) is 0.618. The largest absolute Gasteiger partial charge is 0.465 e. The summed E-state index contributed by atoms with van der Waals surface area (Å²) in [4.78, 5) is 12.8. The molecule has 96 valence electrons. The first-order valence-electron chi connectivity index (χ1n) is 5.32. The Labute approximate surface area is 113 Å². The molecule has 0 amide bonds. The first kappa shape index (κ1) is 14.6. The van der Waals surface area contributed by atoms with E-state index in [1.165, 1.54) is 11.3 Å². The first-order chi connectivity index (χ1) is 8.20. The Kier molecular flexibility index (Phi) is 6.72. The number of nitrogens with one attached hydrogen (secondary N) is 1. The van der Waals surface area contributed by atoms with Crippen LogP contribution < -0.4 is 5.32 Å². The molecule has 1 unspecified atom stereocenters. The molecule has 0 fully saturated rings. The first-order valence-corrected chi connectivity index (χ1v) is 6.99. The van der Waals surface area contributed by atoms with Crippen LogP contribution in [0, 0.1) is 0 Å². The molecule has 0 aliphatic heterocycles. The van der Waals surface area contributed by atoms with E-state index in [0.29, 0.717) is 19.8 Å². The van der Waals surface area contributed by atoms with Gasteiger partial charge in [-0.2, -0.15) is 0 Å². The zero-order valence-corrected chi connectivity index (χ0v) is 12.3. The van der Waals surface area contributed by atoms with Gasteiger partial charge in [0.1, 0.15) is 6.04 Å². The molecular formula is C11H16BrNO3S. The van der Waals surface area contributed by atoms with E-state index in [9.17, 15) is 4.79 Å². The van der Waals surface area contributed by atoms with Crippen molar-refractivity contribution in [3.8, 4) is 0 Å². The summed E-state index contributed by atoms with van der Waals surface area (Å²) in [5.74, 6) is -0.258. The Hall–Kier alpha value is -0.430. The molecule has 1 aromatic rings. The van der Waals surface area contributed by atoms with E-state index in [1.807, 2.05) is 11.4 Å². The normalized spacial score (nSPS) is 12.4. The predicted octanol–water partition coefficient (Wildman–Crippen LogP) is 2.35. The van der Waals surface area contributed by atoms with Gasteiger partial charge in [-0.05, 0) is 34.3 Å². The van der Waals surface area contributed by atoms with Gasteiger partial charge in [0.05, 0.1) is 13.2 Å². The zero-order valence-electron chi connectivity index (χ0n) is 9.86. The van der Waals surface area contributed by atoms with Crippen LogP contribution in [0.5, 0.6) is 0 Å². The molecule has 17 heavy (non-hydrogen) atoms. The minimum Gasteiger partial charge on any atom is -0.465 e. The van der Waals surface area contributed by atoms with E-state index >= 15 is 0 Å². The minimum atomic E-state index is -0.431. The number of halogens is 1. The van der Waals surface area contributed by atoms with Crippen LogP contribution in [0.15, 0.2) is 15.9 Å². The SMILES string of the molecule is CCOC(=O)C(NCCOC)c1sccc1Br. The Balaban J connectivity index is 2.72. The fraction of sp³-hybridized carbons (Fsp3) is 0.545. The maximum absolute atomic E-state index is 11.8. The molecule has 0 aliphatic carbocycles. The second-order valence-electron chi connectivity index (χ2n) is 3.26. The lowest BCUT2D eigenvalue weighted by Crippen LogP contribution is -2.32. The van der Waals surface area contributed by atoms with Gasteiger partial charge in [0, 0.05) is 23.0 Å². The molecule has 1 atom stereocenters. The number of methoxy groups -OCH3 is 1. The summed E-state index contributed by atoms with van der Waals surface area (Å²) in [6, 6.07) is 1.49. The van der Waals surface area contributed by atoms with Crippen LogP contribution in [-0.2, 0) is 14.3 Å². The molecule has 0 aliphatic rings. The van der Waals surface area contributed by atoms with Crippen LogP contribution in [0.3, 0.4) is 0 Å². The fourth-order valence-electron chi connectivity index (χ4n) is 1.33. The van der Waals surface area contributed by atoms with Crippen molar-refractivity contribution in [2.24, 2.45) is 0 Å². The number of carbonyl (C=O) groups is 1. The predicted molar refractivity (Wildman–Crippen MR) is 71.3 cm³/mol. The molecule has 0 saturated heterocycles. The van der Waals surface area contributed by atoms with Gasteiger partial charge < -0.3 is 9.47 Å². The Morgan fingerprint density at radius 2 is 2.41 bits per heavy atom. The van der Waals surface area contributed by atoms with E-state index in [-0.39, 0.29) is 5.97 Å². The molecule has 4 nitrogen and oxygen atoms in total. The summed E-state index contributed by atoms with van der Waals surface area (Å²) in [6.45, 7) is 3.33. The highest BCUT2D eigenvalue weighted by Crippen LogP contribution is 2.29. The Morgan fingerprint density at radius 1 is 1.65 bits per heavy atom. The molecule has 0 radical (unpaired) electrons. The van der Waals surface area contributed by atoms with Crippen LogP contribution in [0.2, 0.25) is 0 Å². The number of rotatable bonds is 7.